The van der Waals surface area contributed by atoms with Gasteiger partial charge in [0.15, 0.2) is 0 Å². The molecule has 4 heteroatoms. The highest BCUT2D eigenvalue weighted by Crippen LogP contribution is 2.18. The van der Waals surface area contributed by atoms with Gasteiger partial charge in [-0.2, -0.15) is 0 Å². The van der Waals surface area contributed by atoms with Crippen LogP contribution < -0.4 is 17.1 Å². The van der Waals surface area contributed by atoms with E-state index >= 15 is 0 Å². The Bertz CT molecular complexity index is 466. The molecule has 0 fully saturated rings. The van der Waals surface area contributed by atoms with E-state index in [0.717, 1.165) is 29.9 Å². The Morgan fingerprint density at radius 3 is 1.75 bits per heavy atom. The Hall–Kier alpha value is -0.770. The van der Waals surface area contributed by atoms with Crippen molar-refractivity contribution in [1.29, 1.82) is 0 Å². The first-order valence-electron chi connectivity index (χ1n) is 11.2. The largest absolute Gasteiger partial charge is 1.00 e. The lowest BCUT2D eigenvalue weighted by Gasteiger charge is -2.34. The minimum Gasteiger partial charge on any atom is -1.00 e. The van der Waals surface area contributed by atoms with E-state index < -0.39 is 0 Å². The van der Waals surface area contributed by atoms with E-state index in [9.17, 15) is 5.11 Å². The molecule has 164 valence electrons. The molecule has 28 heavy (non-hydrogen) atoms. The van der Waals surface area contributed by atoms with Gasteiger partial charge in [-0.3, -0.25) is 0 Å². The van der Waals surface area contributed by atoms with Crippen LogP contribution in [0.25, 0.3) is 0 Å². The van der Waals surface area contributed by atoms with Crippen LogP contribution in [0.15, 0.2) is 24.3 Å². The number of methoxy groups -OCH3 is 1. The molecule has 0 aromatic heterocycles. The molecule has 1 atom stereocenters. The van der Waals surface area contributed by atoms with Crippen LogP contribution in [0, 0.1) is 0 Å². The number of halogens is 1. The Balaban J connectivity index is 0.00000729. The summed E-state index contributed by atoms with van der Waals surface area (Å²) in [4.78, 5) is 0. The third-order valence-electron chi connectivity index (χ3n) is 5.66. The first kappa shape index (κ1) is 27.2. The van der Waals surface area contributed by atoms with Gasteiger partial charge in [0.1, 0.15) is 18.8 Å². The van der Waals surface area contributed by atoms with Crippen molar-refractivity contribution in [2.45, 2.75) is 84.1 Å². The first-order chi connectivity index (χ1) is 13.1. The zero-order valence-electron chi connectivity index (χ0n) is 18.6. The monoisotopic (exact) mass is 413 g/mol. The summed E-state index contributed by atoms with van der Waals surface area (Å²) in [6.45, 7) is 5.47. The maximum Gasteiger partial charge on any atom is 0.118 e. The van der Waals surface area contributed by atoms with Crippen LogP contribution in [0.1, 0.15) is 83.1 Å². The zero-order chi connectivity index (χ0) is 19.8. The molecule has 1 unspecified atom stereocenters. The predicted octanol–water partition coefficient (Wildman–Crippen LogP) is 2.95. The molecule has 0 saturated carbocycles. The molecular formula is C24H44ClNO2. The molecule has 3 nitrogen and oxygen atoms in total. The number of unbranched alkanes of at least 4 members (excludes halogenated alkanes) is 10. The summed E-state index contributed by atoms with van der Waals surface area (Å²) >= 11 is 0. The number of hydrogen-bond acceptors (Lipinski definition) is 2. The van der Waals surface area contributed by atoms with Crippen molar-refractivity contribution in [1.82, 2.24) is 0 Å². The summed E-state index contributed by atoms with van der Waals surface area (Å²) < 4.78 is 6.16. The Labute approximate surface area is 180 Å². The number of rotatable bonds is 17. The topological polar surface area (TPSA) is 29.5 Å². The lowest BCUT2D eigenvalue weighted by atomic mass is 10.1. The highest BCUT2D eigenvalue weighted by atomic mass is 35.5. The van der Waals surface area contributed by atoms with Gasteiger partial charge < -0.3 is 26.7 Å². The highest BCUT2D eigenvalue weighted by Gasteiger charge is 2.21. The van der Waals surface area contributed by atoms with Gasteiger partial charge in [0.05, 0.1) is 27.3 Å². The standard InChI is InChI=1S/C24H44NO2.ClH/c1-4-5-6-7-8-9-10-11-12-13-14-19-25(2,20-21-26)22-23-15-17-24(27-3)18-16-23;/h15-18,26H,4-14,19-22H2,1-3H3;1H/q+1;/p-1. The van der Waals surface area contributed by atoms with E-state index in [-0.39, 0.29) is 19.0 Å². The lowest BCUT2D eigenvalue weighted by Crippen LogP contribution is -3.00. The average molecular weight is 414 g/mol. The summed E-state index contributed by atoms with van der Waals surface area (Å²) in [6.07, 6.45) is 15.1. The molecule has 1 aromatic carbocycles. The Morgan fingerprint density at radius 1 is 0.786 bits per heavy atom. The second-order valence-electron chi connectivity index (χ2n) is 8.33. The predicted molar refractivity (Wildman–Crippen MR) is 116 cm³/mol. The number of aliphatic hydroxyl groups excluding tert-OH is 1. The van der Waals surface area contributed by atoms with Gasteiger partial charge in [0, 0.05) is 5.56 Å². The summed E-state index contributed by atoms with van der Waals surface area (Å²) in [5, 5.41) is 9.50. The molecule has 0 bridgehead atoms. The SMILES string of the molecule is CCCCCCCCCCCCC[N+](C)(CCO)Cc1ccc(OC)cc1.[Cl-]. The number of hydrogen-bond donors (Lipinski definition) is 1. The number of quaternary nitrogens is 1. The van der Waals surface area contributed by atoms with Crippen molar-refractivity contribution < 1.29 is 26.7 Å². The van der Waals surface area contributed by atoms with Crippen molar-refractivity contribution >= 4 is 0 Å². The van der Waals surface area contributed by atoms with Gasteiger partial charge in [-0.25, -0.2) is 0 Å². The van der Waals surface area contributed by atoms with Crippen LogP contribution in [0.3, 0.4) is 0 Å². The highest BCUT2D eigenvalue weighted by molar-refractivity contribution is 5.26. The molecule has 0 amide bonds. The van der Waals surface area contributed by atoms with Gasteiger partial charge in [-0.05, 0) is 37.1 Å². The first-order valence-corrected chi connectivity index (χ1v) is 11.2. The van der Waals surface area contributed by atoms with Crippen molar-refractivity contribution in [3.8, 4) is 5.75 Å². The summed E-state index contributed by atoms with van der Waals surface area (Å²) in [5.74, 6) is 0.903. The zero-order valence-corrected chi connectivity index (χ0v) is 19.4. The van der Waals surface area contributed by atoms with Crippen LogP contribution >= 0.6 is 0 Å². The normalized spacial score (nSPS) is 13.0. The fourth-order valence-electron chi connectivity index (χ4n) is 3.84. The molecule has 1 rings (SSSR count). The molecule has 0 spiro atoms. The smallest absolute Gasteiger partial charge is 0.118 e. The third-order valence-corrected chi connectivity index (χ3v) is 5.66. The van der Waals surface area contributed by atoms with E-state index in [1.165, 1.54) is 76.2 Å². The Morgan fingerprint density at radius 2 is 1.29 bits per heavy atom. The maximum absolute atomic E-state index is 9.50. The quantitative estimate of drug-likeness (QED) is 0.314. The van der Waals surface area contributed by atoms with Crippen LogP contribution in [0.2, 0.25) is 0 Å². The molecule has 0 aliphatic carbocycles. The van der Waals surface area contributed by atoms with Crippen LogP contribution in [-0.4, -0.2) is 43.4 Å². The minimum absolute atomic E-state index is 0. The molecular weight excluding hydrogens is 370 g/mol. The number of ether oxygens (including phenoxy) is 1. The van der Waals surface area contributed by atoms with E-state index in [4.69, 9.17) is 4.74 Å². The number of benzene rings is 1. The van der Waals surface area contributed by atoms with Crippen LogP contribution in [-0.2, 0) is 6.54 Å². The lowest BCUT2D eigenvalue weighted by molar-refractivity contribution is -0.923. The van der Waals surface area contributed by atoms with Crippen molar-refractivity contribution in [2.24, 2.45) is 0 Å². The molecule has 0 heterocycles. The van der Waals surface area contributed by atoms with Crippen molar-refractivity contribution in [3.63, 3.8) is 0 Å². The third kappa shape index (κ3) is 12.6. The fourth-order valence-corrected chi connectivity index (χ4v) is 3.84. The molecule has 0 aliphatic heterocycles. The van der Waals surface area contributed by atoms with Gasteiger partial charge in [-0.15, -0.1) is 0 Å². The maximum atomic E-state index is 9.50. The van der Waals surface area contributed by atoms with Gasteiger partial charge >= 0.3 is 0 Å². The van der Waals surface area contributed by atoms with E-state index in [0.29, 0.717) is 0 Å². The van der Waals surface area contributed by atoms with Gasteiger partial charge in [-0.1, -0.05) is 64.7 Å². The molecule has 1 aromatic rings. The van der Waals surface area contributed by atoms with E-state index in [1.807, 2.05) is 12.1 Å². The second kappa shape index (κ2) is 17.1. The van der Waals surface area contributed by atoms with Crippen molar-refractivity contribution in [2.75, 3.05) is 33.9 Å². The fraction of sp³-hybridized carbons (Fsp3) is 0.750. The minimum atomic E-state index is 0. The molecule has 0 saturated heterocycles. The van der Waals surface area contributed by atoms with E-state index in [2.05, 4.69) is 26.1 Å². The summed E-state index contributed by atoms with van der Waals surface area (Å²) in [7, 11) is 3.98. The number of likely N-dealkylation sites (N-methyl/N-ethyl adjacent to an activating group) is 1. The summed E-state index contributed by atoms with van der Waals surface area (Å²) in [5.41, 5.74) is 1.31. The molecule has 0 aliphatic rings. The molecule has 1 N–H and O–H groups in total. The second-order valence-corrected chi connectivity index (χ2v) is 8.33. The van der Waals surface area contributed by atoms with Crippen LogP contribution in [0.5, 0.6) is 5.75 Å². The van der Waals surface area contributed by atoms with E-state index in [1.54, 1.807) is 7.11 Å². The summed E-state index contributed by atoms with van der Waals surface area (Å²) in [6, 6.07) is 8.35. The molecule has 0 radical (unpaired) electrons. The van der Waals surface area contributed by atoms with Gasteiger partial charge in [0.25, 0.3) is 0 Å². The van der Waals surface area contributed by atoms with Gasteiger partial charge in [0.2, 0.25) is 0 Å². The number of nitrogens with zero attached hydrogens (tertiary/aromatic N) is 1. The average Bonchev–Trinajstić information content (AvgIpc) is 2.67. The van der Waals surface area contributed by atoms with Crippen molar-refractivity contribution in [3.05, 3.63) is 29.8 Å². The Kier molecular flexibility index (Phi) is 16.6. The number of aliphatic hydroxyl groups is 1. The van der Waals surface area contributed by atoms with Crippen LogP contribution in [0.4, 0.5) is 0 Å².